The molecule has 0 heterocycles. The van der Waals surface area contributed by atoms with Crippen LogP contribution in [0.3, 0.4) is 0 Å². The third-order valence-electron chi connectivity index (χ3n) is 3.24. The highest BCUT2D eigenvalue weighted by Crippen LogP contribution is 2.29. The van der Waals surface area contributed by atoms with Crippen molar-refractivity contribution in [2.75, 3.05) is 41.1 Å². The van der Waals surface area contributed by atoms with Crippen LogP contribution in [0.2, 0.25) is 0 Å². The van der Waals surface area contributed by atoms with E-state index >= 15 is 0 Å². The summed E-state index contributed by atoms with van der Waals surface area (Å²) in [6, 6.07) is 5.29. The monoisotopic (exact) mass is 299 g/mol. The molecule has 0 saturated heterocycles. The lowest BCUT2D eigenvalue weighted by Crippen LogP contribution is -2.36. The van der Waals surface area contributed by atoms with E-state index in [4.69, 9.17) is 19.3 Å². The third kappa shape index (κ3) is 5.51. The summed E-state index contributed by atoms with van der Waals surface area (Å²) in [6.07, 6.45) is -0.177. The third-order valence-corrected chi connectivity index (χ3v) is 3.24. The van der Waals surface area contributed by atoms with Gasteiger partial charge in [-0.25, -0.2) is 0 Å². The molecule has 1 aromatic rings. The Labute approximate surface area is 125 Å². The first-order chi connectivity index (χ1) is 10.2. The number of hydrogen-bond donors (Lipinski definition) is 3. The second-order valence-corrected chi connectivity index (χ2v) is 4.70. The Hall–Kier alpha value is -1.34. The Morgan fingerprint density at radius 2 is 1.95 bits per heavy atom. The summed E-state index contributed by atoms with van der Waals surface area (Å²) in [7, 11) is 4.74. The molecule has 1 rings (SSSR count). The van der Waals surface area contributed by atoms with Gasteiger partial charge in [-0.15, -0.1) is 0 Å². The van der Waals surface area contributed by atoms with E-state index in [-0.39, 0.29) is 12.6 Å². The van der Waals surface area contributed by atoms with Crippen molar-refractivity contribution in [1.29, 1.82) is 0 Å². The van der Waals surface area contributed by atoms with Crippen LogP contribution >= 0.6 is 0 Å². The molecule has 1 aromatic carbocycles. The molecule has 0 aliphatic heterocycles. The van der Waals surface area contributed by atoms with Crippen molar-refractivity contribution in [2.24, 2.45) is 0 Å². The number of aliphatic hydroxyl groups is 2. The largest absolute Gasteiger partial charge is 0.497 e. The van der Waals surface area contributed by atoms with Gasteiger partial charge in [0.2, 0.25) is 0 Å². The van der Waals surface area contributed by atoms with Crippen LogP contribution in [0.1, 0.15) is 18.1 Å². The maximum Gasteiger partial charge on any atom is 0.124 e. The lowest BCUT2D eigenvalue weighted by molar-refractivity contribution is 0.125. The van der Waals surface area contributed by atoms with Gasteiger partial charge in [-0.05, 0) is 24.6 Å². The molecule has 0 amide bonds. The maximum absolute atomic E-state index is 10.3. The summed E-state index contributed by atoms with van der Waals surface area (Å²) in [6.45, 7) is 0.875. The molecule has 0 aliphatic rings. The zero-order valence-electron chi connectivity index (χ0n) is 12.8. The molecule has 120 valence electrons. The van der Waals surface area contributed by atoms with Crippen LogP contribution < -0.4 is 14.8 Å². The number of aliphatic hydroxyl groups excluding tert-OH is 2. The minimum atomic E-state index is -0.743. The average Bonchev–Trinajstić information content (AvgIpc) is 2.52. The van der Waals surface area contributed by atoms with Crippen LogP contribution in [0.5, 0.6) is 11.5 Å². The zero-order valence-corrected chi connectivity index (χ0v) is 12.8. The minimum Gasteiger partial charge on any atom is -0.497 e. The van der Waals surface area contributed by atoms with E-state index < -0.39 is 6.10 Å². The van der Waals surface area contributed by atoms with Gasteiger partial charge in [0, 0.05) is 31.9 Å². The molecule has 0 radical (unpaired) electrons. The minimum absolute atomic E-state index is 0.00810. The van der Waals surface area contributed by atoms with Gasteiger partial charge in [-0.3, -0.25) is 0 Å². The van der Waals surface area contributed by atoms with E-state index in [9.17, 15) is 5.11 Å². The summed E-state index contributed by atoms with van der Waals surface area (Å²) in [5.41, 5.74) is 0.657. The normalized spacial score (nSPS) is 13.8. The molecular formula is C15H25NO5. The van der Waals surface area contributed by atoms with Crippen LogP contribution in [-0.4, -0.2) is 57.3 Å². The van der Waals surface area contributed by atoms with E-state index in [1.54, 1.807) is 39.5 Å². The predicted octanol–water partition coefficient (Wildman–Crippen LogP) is 0.724. The Morgan fingerprint density at radius 3 is 2.52 bits per heavy atom. The molecule has 0 saturated carbocycles. The Bertz CT molecular complexity index is 407. The number of nitrogens with one attached hydrogen (secondary N) is 1. The van der Waals surface area contributed by atoms with E-state index in [1.807, 2.05) is 0 Å². The van der Waals surface area contributed by atoms with E-state index in [2.05, 4.69) is 5.32 Å². The summed E-state index contributed by atoms with van der Waals surface area (Å²) in [5.74, 6) is 1.27. The summed E-state index contributed by atoms with van der Waals surface area (Å²) in [5, 5.41) is 22.5. The second kappa shape index (κ2) is 9.57. The van der Waals surface area contributed by atoms with Gasteiger partial charge >= 0.3 is 0 Å². The van der Waals surface area contributed by atoms with Gasteiger partial charge in [0.1, 0.15) is 11.5 Å². The molecule has 0 aliphatic carbocycles. The molecule has 21 heavy (non-hydrogen) atoms. The van der Waals surface area contributed by atoms with Crippen molar-refractivity contribution in [1.82, 2.24) is 5.32 Å². The first-order valence-electron chi connectivity index (χ1n) is 6.89. The van der Waals surface area contributed by atoms with Crippen LogP contribution in [0.4, 0.5) is 0 Å². The fraction of sp³-hybridized carbons (Fsp3) is 0.600. The standard InChI is InChI=1S/C15H25NO5/c1-19-10-11(6-7-17)16-9-14(18)13-8-12(20-2)4-5-15(13)21-3/h4-5,8,11,14,16-18H,6-7,9-10H2,1-3H3. The number of rotatable bonds is 10. The number of benzene rings is 1. The van der Waals surface area contributed by atoms with Crippen LogP contribution in [0.15, 0.2) is 18.2 Å². The number of methoxy groups -OCH3 is 3. The maximum atomic E-state index is 10.3. The van der Waals surface area contributed by atoms with Gasteiger partial charge in [0.15, 0.2) is 0 Å². The Morgan fingerprint density at radius 1 is 1.19 bits per heavy atom. The first-order valence-corrected chi connectivity index (χ1v) is 6.89. The van der Waals surface area contributed by atoms with Crippen molar-refractivity contribution in [3.05, 3.63) is 23.8 Å². The summed E-state index contributed by atoms with van der Waals surface area (Å²) in [4.78, 5) is 0. The summed E-state index contributed by atoms with van der Waals surface area (Å²) >= 11 is 0. The molecule has 0 aromatic heterocycles. The van der Waals surface area contributed by atoms with Gasteiger partial charge in [-0.2, -0.15) is 0 Å². The fourth-order valence-corrected chi connectivity index (χ4v) is 2.09. The molecule has 2 unspecified atom stereocenters. The van der Waals surface area contributed by atoms with E-state index in [0.717, 1.165) is 0 Å². The molecule has 6 nitrogen and oxygen atoms in total. The highest BCUT2D eigenvalue weighted by atomic mass is 16.5. The Balaban J connectivity index is 2.71. The van der Waals surface area contributed by atoms with Gasteiger partial charge in [-0.1, -0.05) is 0 Å². The highest BCUT2D eigenvalue weighted by Gasteiger charge is 2.16. The topological polar surface area (TPSA) is 80.2 Å². The van der Waals surface area contributed by atoms with Crippen molar-refractivity contribution in [2.45, 2.75) is 18.6 Å². The van der Waals surface area contributed by atoms with Gasteiger partial charge < -0.3 is 29.7 Å². The van der Waals surface area contributed by atoms with Crippen molar-refractivity contribution in [3.8, 4) is 11.5 Å². The molecule has 3 N–H and O–H groups in total. The van der Waals surface area contributed by atoms with E-state index in [1.165, 1.54) is 0 Å². The molecule has 2 atom stereocenters. The molecule has 0 bridgehead atoms. The van der Waals surface area contributed by atoms with Crippen molar-refractivity contribution >= 4 is 0 Å². The molecule has 0 spiro atoms. The van der Waals surface area contributed by atoms with Crippen molar-refractivity contribution in [3.63, 3.8) is 0 Å². The first kappa shape index (κ1) is 17.7. The van der Waals surface area contributed by atoms with Crippen LogP contribution in [0, 0.1) is 0 Å². The lowest BCUT2D eigenvalue weighted by Gasteiger charge is -2.21. The smallest absolute Gasteiger partial charge is 0.124 e. The Kier molecular flexibility index (Phi) is 8.07. The number of ether oxygens (including phenoxy) is 3. The summed E-state index contributed by atoms with van der Waals surface area (Å²) < 4.78 is 15.5. The number of hydrogen-bond acceptors (Lipinski definition) is 6. The zero-order chi connectivity index (χ0) is 15.7. The second-order valence-electron chi connectivity index (χ2n) is 4.70. The highest BCUT2D eigenvalue weighted by molar-refractivity contribution is 5.41. The predicted molar refractivity (Wildman–Crippen MR) is 79.9 cm³/mol. The van der Waals surface area contributed by atoms with Crippen LogP contribution in [0.25, 0.3) is 0 Å². The SMILES string of the molecule is COCC(CCO)NCC(O)c1cc(OC)ccc1OC. The van der Waals surface area contributed by atoms with Crippen LogP contribution in [-0.2, 0) is 4.74 Å². The quantitative estimate of drug-likeness (QED) is 0.591. The fourth-order valence-electron chi connectivity index (χ4n) is 2.09. The van der Waals surface area contributed by atoms with Gasteiger partial charge in [0.25, 0.3) is 0 Å². The lowest BCUT2D eigenvalue weighted by atomic mass is 10.1. The van der Waals surface area contributed by atoms with Gasteiger partial charge in [0.05, 0.1) is 26.9 Å². The molecule has 6 heteroatoms. The molecular weight excluding hydrogens is 274 g/mol. The molecule has 0 fully saturated rings. The van der Waals surface area contributed by atoms with E-state index in [0.29, 0.717) is 36.6 Å². The average molecular weight is 299 g/mol. The van der Waals surface area contributed by atoms with Crippen molar-refractivity contribution < 1.29 is 24.4 Å².